The van der Waals surface area contributed by atoms with Crippen LogP contribution in [0.25, 0.3) is 0 Å². The van der Waals surface area contributed by atoms with E-state index in [9.17, 15) is 19.5 Å². The predicted molar refractivity (Wildman–Crippen MR) is 153 cm³/mol. The molecule has 0 bridgehead atoms. The van der Waals surface area contributed by atoms with E-state index >= 15 is 0 Å². The number of rotatable bonds is 9. The molecule has 2 atom stereocenters. The zero-order valence-corrected chi connectivity index (χ0v) is 24.6. The summed E-state index contributed by atoms with van der Waals surface area (Å²) >= 11 is 6.42. The van der Waals surface area contributed by atoms with Crippen LogP contribution in [0.5, 0.6) is 5.75 Å². The van der Waals surface area contributed by atoms with Gasteiger partial charge in [0.05, 0.1) is 10.7 Å². The normalized spacial score (nSPS) is 14.9. The number of amides is 3. The van der Waals surface area contributed by atoms with Crippen LogP contribution >= 0.6 is 11.6 Å². The molecule has 0 saturated heterocycles. The van der Waals surface area contributed by atoms with E-state index in [0.717, 1.165) is 18.4 Å². The number of phenolic OH excluding ortho intramolecular Hbond substituents is 1. The molecule has 1 fully saturated rings. The van der Waals surface area contributed by atoms with Gasteiger partial charge in [0, 0.05) is 6.04 Å². The summed E-state index contributed by atoms with van der Waals surface area (Å²) in [5, 5.41) is 16.2. The molecule has 1 aliphatic carbocycles. The minimum absolute atomic E-state index is 0.0870. The third-order valence-electron chi connectivity index (χ3n) is 6.42. The van der Waals surface area contributed by atoms with Crippen molar-refractivity contribution >= 4 is 35.2 Å². The van der Waals surface area contributed by atoms with Crippen molar-refractivity contribution in [2.75, 3.05) is 5.32 Å². The van der Waals surface area contributed by atoms with Crippen LogP contribution in [-0.4, -0.2) is 45.6 Å². The van der Waals surface area contributed by atoms with Crippen molar-refractivity contribution in [1.29, 1.82) is 0 Å². The van der Waals surface area contributed by atoms with Crippen LogP contribution in [0.3, 0.4) is 0 Å². The summed E-state index contributed by atoms with van der Waals surface area (Å²) in [4.78, 5) is 42.5. The van der Waals surface area contributed by atoms with Gasteiger partial charge in [-0.1, -0.05) is 43.6 Å². The second-order valence-electron chi connectivity index (χ2n) is 11.7. The summed E-state index contributed by atoms with van der Waals surface area (Å²) in [6.45, 7) is 12.8. The lowest BCUT2D eigenvalue weighted by Crippen LogP contribution is -2.53. The maximum Gasteiger partial charge on any atom is 0.408 e. The molecule has 8 nitrogen and oxygen atoms in total. The lowest BCUT2D eigenvalue weighted by atomic mass is 9.97. The summed E-state index contributed by atoms with van der Waals surface area (Å²) in [6, 6.07) is 8.12. The molecule has 3 rings (SSSR count). The average Bonchev–Trinajstić information content (AvgIpc) is 3.64. The van der Waals surface area contributed by atoms with Gasteiger partial charge in [0.25, 0.3) is 5.91 Å². The number of halogens is 1. The van der Waals surface area contributed by atoms with Gasteiger partial charge in [-0.05, 0) is 94.7 Å². The summed E-state index contributed by atoms with van der Waals surface area (Å²) in [5.41, 5.74) is 1.65. The van der Waals surface area contributed by atoms with Crippen molar-refractivity contribution in [1.82, 2.24) is 10.2 Å². The number of benzene rings is 2. The predicted octanol–water partition coefficient (Wildman–Crippen LogP) is 6.27. The van der Waals surface area contributed by atoms with Crippen LogP contribution < -0.4 is 10.6 Å². The maximum atomic E-state index is 14.2. The van der Waals surface area contributed by atoms with Gasteiger partial charge < -0.3 is 25.4 Å². The zero-order valence-electron chi connectivity index (χ0n) is 23.8. The minimum Gasteiger partial charge on any atom is -0.508 e. The number of ether oxygens (including phenoxy) is 1. The van der Waals surface area contributed by atoms with Gasteiger partial charge in [0.15, 0.2) is 0 Å². The number of hydrogen-bond donors (Lipinski definition) is 3. The van der Waals surface area contributed by atoms with E-state index in [1.54, 1.807) is 56.9 Å². The van der Waals surface area contributed by atoms with Crippen molar-refractivity contribution in [2.24, 2.45) is 5.92 Å². The van der Waals surface area contributed by atoms with E-state index in [1.165, 1.54) is 6.07 Å². The molecule has 2 unspecified atom stereocenters. The number of carbonyl (C=O) groups excluding carboxylic acids is 3. The fourth-order valence-corrected chi connectivity index (χ4v) is 4.73. The third kappa shape index (κ3) is 8.12. The molecule has 1 aliphatic rings. The SMILES string of the molecule is Cc1cc(C(C(=O)Nc2c(C)cccc2Cl)N(C(=O)C(CC(C)C)NC(=O)OC(C)(C)C)C2CC2)ccc1O. The highest BCUT2D eigenvalue weighted by atomic mass is 35.5. The molecule has 0 radical (unpaired) electrons. The van der Waals surface area contributed by atoms with Crippen LogP contribution in [0.1, 0.15) is 76.6 Å². The van der Waals surface area contributed by atoms with Crippen molar-refractivity contribution in [3.05, 3.63) is 58.1 Å². The number of alkyl carbamates (subject to hydrolysis) is 1. The van der Waals surface area contributed by atoms with Crippen molar-refractivity contribution in [3.8, 4) is 5.75 Å². The van der Waals surface area contributed by atoms with Gasteiger partial charge >= 0.3 is 6.09 Å². The van der Waals surface area contributed by atoms with Gasteiger partial charge in [-0.3, -0.25) is 9.59 Å². The molecule has 9 heteroatoms. The van der Waals surface area contributed by atoms with E-state index in [4.69, 9.17) is 16.3 Å². The molecule has 2 aromatic rings. The number of carbonyl (C=O) groups is 3. The lowest BCUT2D eigenvalue weighted by molar-refractivity contribution is -0.141. The number of hydrogen-bond acceptors (Lipinski definition) is 5. The Morgan fingerprint density at radius 1 is 1.10 bits per heavy atom. The number of nitrogens with one attached hydrogen (secondary N) is 2. The van der Waals surface area contributed by atoms with Gasteiger partial charge in [0.2, 0.25) is 5.91 Å². The summed E-state index contributed by atoms with van der Waals surface area (Å²) in [5.74, 6) is -0.617. The number of phenols is 1. The van der Waals surface area contributed by atoms with Gasteiger partial charge in [-0.25, -0.2) is 4.79 Å². The fourth-order valence-electron chi connectivity index (χ4n) is 4.46. The van der Waals surface area contributed by atoms with Crippen molar-refractivity contribution < 1.29 is 24.2 Å². The molecule has 3 N–H and O–H groups in total. The maximum absolute atomic E-state index is 14.2. The Morgan fingerprint density at radius 3 is 2.31 bits per heavy atom. The molecule has 1 saturated carbocycles. The second kappa shape index (κ2) is 12.3. The first kappa shape index (κ1) is 30.3. The van der Waals surface area contributed by atoms with Crippen LogP contribution in [0.2, 0.25) is 5.02 Å². The van der Waals surface area contributed by atoms with E-state index in [1.807, 2.05) is 26.8 Å². The lowest BCUT2D eigenvalue weighted by Gasteiger charge is -2.35. The van der Waals surface area contributed by atoms with Gasteiger partial charge in [-0.15, -0.1) is 0 Å². The first-order chi connectivity index (χ1) is 18.2. The fraction of sp³-hybridized carbons (Fsp3) is 0.500. The van der Waals surface area contributed by atoms with Gasteiger partial charge in [-0.2, -0.15) is 0 Å². The molecule has 212 valence electrons. The Balaban J connectivity index is 2.05. The Kier molecular flexibility index (Phi) is 9.54. The number of aromatic hydroxyl groups is 1. The monoisotopic (exact) mass is 557 g/mol. The Bertz CT molecular complexity index is 1200. The van der Waals surface area contributed by atoms with Crippen LogP contribution in [0.4, 0.5) is 10.5 Å². The molecular formula is C30H40ClN3O5. The Hall–Kier alpha value is -3.26. The Morgan fingerprint density at radius 2 is 1.77 bits per heavy atom. The quantitative estimate of drug-likeness (QED) is 0.336. The summed E-state index contributed by atoms with van der Waals surface area (Å²) in [6.07, 6.45) is 1.15. The number of nitrogens with zero attached hydrogens (tertiary/aromatic N) is 1. The number of anilines is 1. The first-order valence-electron chi connectivity index (χ1n) is 13.3. The number of aryl methyl sites for hydroxylation is 2. The molecular weight excluding hydrogens is 518 g/mol. The van der Waals surface area contributed by atoms with E-state index in [-0.39, 0.29) is 23.6 Å². The highest BCUT2D eigenvalue weighted by molar-refractivity contribution is 6.34. The zero-order chi connectivity index (χ0) is 29.1. The molecule has 0 spiro atoms. The van der Waals surface area contributed by atoms with Crippen molar-refractivity contribution in [2.45, 2.75) is 91.5 Å². The summed E-state index contributed by atoms with van der Waals surface area (Å²) < 4.78 is 5.44. The van der Waals surface area contributed by atoms with Crippen LogP contribution in [0.15, 0.2) is 36.4 Å². The van der Waals surface area contributed by atoms with E-state index in [0.29, 0.717) is 28.3 Å². The molecule has 0 aromatic heterocycles. The van der Waals surface area contributed by atoms with Crippen molar-refractivity contribution in [3.63, 3.8) is 0 Å². The topological polar surface area (TPSA) is 108 Å². The Labute approximate surface area is 236 Å². The van der Waals surface area contributed by atoms with Gasteiger partial charge in [0.1, 0.15) is 23.4 Å². The van der Waals surface area contributed by atoms with E-state index in [2.05, 4.69) is 10.6 Å². The molecule has 2 aromatic carbocycles. The highest BCUT2D eigenvalue weighted by Gasteiger charge is 2.44. The molecule has 0 aliphatic heterocycles. The smallest absolute Gasteiger partial charge is 0.408 e. The van der Waals surface area contributed by atoms with Crippen LogP contribution in [0, 0.1) is 19.8 Å². The minimum atomic E-state index is -1.02. The van der Waals surface area contributed by atoms with Crippen LogP contribution in [-0.2, 0) is 14.3 Å². The third-order valence-corrected chi connectivity index (χ3v) is 6.74. The molecule has 39 heavy (non-hydrogen) atoms. The number of para-hydroxylation sites is 1. The highest BCUT2D eigenvalue weighted by Crippen LogP contribution is 2.38. The second-order valence-corrected chi connectivity index (χ2v) is 12.1. The first-order valence-corrected chi connectivity index (χ1v) is 13.7. The summed E-state index contributed by atoms with van der Waals surface area (Å²) in [7, 11) is 0. The van der Waals surface area contributed by atoms with E-state index < -0.39 is 29.7 Å². The molecule has 0 heterocycles. The largest absolute Gasteiger partial charge is 0.508 e. The standard InChI is InChI=1S/C30H40ClN3O5/c1-17(2)15-23(32-29(38)39-30(5,6)7)28(37)34(21-12-13-21)26(20-11-14-24(35)19(4)16-20)27(36)33-25-18(3)9-8-10-22(25)31/h8-11,14,16-17,21,23,26,35H,12-13,15H2,1-7H3,(H,32,38)(H,33,36). The average molecular weight is 558 g/mol. The molecule has 3 amide bonds.